The number of rotatable bonds is 3. The average Bonchev–Trinajstić information content (AvgIpc) is 2.74. The summed E-state index contributed by atoms with van der Waals surface area (Å²) in [6, 6.07) is -0.402. The zero-order valence-corrected chi connectivity index (χ0v) is 10.0. The first-order valence-electron chi connectivity index (χ1n) is 5.38. The van der Waals surface area contributed by atoms with Crippen molar-refractivity contribution in [2.75, 3.05) is 13.2 Å². The predicted molar refractivity (Wildman–Crippen MR) is 64.8 cm³/mol. The second kappa shape index (κ2) is 5.36. The molecule has 2 fully saturated rings. The lowest BCUT2D eigenvalue weighted by atomic mass is 9.98. The predicted octanol–water partition coefficient (Wildman–Crippen LogP) is -1.33. The molecule has 0 aromatic carbocycles. The Hall–Kier alpha value is -0.600. The lowest BCUT2D eigenvalue weighted by molar-refractivity contribution is -0.167. The first-order chi connectivity index (χ1) is 8.17. The molecule has 0 aromatic heterocycles. The SMILES string of the molecule is C=CCN=C1N[C@@H]2[C@H](O)[C@H](O)[C@@H](CO)O[C@@H]2S1. The molecule has 2 aliphatic heterocycles. The van der Waals surface area contributed by atoms with E-state index in [1.807, 2.05) is 0 Å². The van der Waals surface area contributed by atoms with Gasteiger partial charge in [0.15, 0.2) is 5.17 Å². The summed E-state index contributed by atoms with van der Waals surface area (Å²) in [6.45, 7) is 3.73. The molecule has 0 radical (unpaired) electrons. The van der Waals surface area contributed by atoms with Gasteiger partial charge < -0.3 is 25.4 Å². The van der Waals surface area contributed by atoms with Crippen molar-refractivity contribution in [1.29, 1.82) is 0 Å². The Bertz CT molecular complexity index is 325. The summed E-state index contributed by atoms with van der Waals surface area (Å²) in [5.74, 6) is 0. The molecule has 2 heterocycles. The van der Waals surface area contributed by atoms with Gasteiger partial charge in [0, 0.05) is 0 Å². The topological polar surface area (TPSA) is 94.3 Å². The molecular formula is C10H16N2O4S. The van der Waals surface area contributed by atoms with Gasteiger partial charge in [-0.2, -0.15) is 0 Å². The highest BCUT2D eigenvalue weighted by Crippen LogP contribution is 2.33. The maximum atomic E-state index is 9.90. The van der Waals surface area contributed by atoms with Crippen LogP contribution in [0.1, 0.15) is 0 Å². The molecule has 0 amide bonds. The van der Waals surface area contributed by atoms with Gasteiger partial charge in [0.25, 0.3) is 0 Å². The van der Waals surface area contributed by atoms with Gasteiger partial charge in [-0.25, -0.2) is 0 Å². The van der Waals surface area contributed by atoms with Crippen LogP contribution in [-0.4, -0.2) is 63.4 Å². The minimum atomic E-state index is -1.09. The van der Waals surface area contributed by atoms with Crippen molar-refractivity contribution in [3.63, 3.8) is 0 Å². The number of nitrogens with one attached hydrogen (secondary N) is 1. The molecule has 0 unspecified atom stereocenters. The Morgan fingerprint density at radius 1 is 1.47 bits per heavy atom. The molecule has 2 rings (SSSR count). The molecular weight excluding hydrogens is 244 g/mol. The number of amidine groups is 1. The third-order valence-electron chi connectivity index (χ3n) is 2.76. The number of fused-ring (bicyclic) bond motifs is 1. The van der Waals surface area contributed by atoms with Gasteiger partial charge >= 0.3 is 0 Å². The first-order valence-corrected chi connectivity index (χ1v) is 6.26. The minimum absolute atomic E-state index is 0.318. The van der Waals surface area contributed by atoms with Crippen molar-refractivity contribution in [3.8, 4) is 0 Å². The van der Waals surface area contributed by atoms with Crippen molar-refractivity contribution in [2.24, 2.45) is 4.99 Å². The molecule has 0 aliphatic carbocycles. The average molecular weight is 260 g/mol. The molecule has 2 aliphatic rings. The first kappa shape index (κ1) is 12.8. The highest BCUT2D eigenvalue weighted by Gasteiger charge is 2.48. The van der Waals surface area contributed by atoms with Gasteiger partial charge in [-0.05, 0) is 0 Å². The van der Waals surface area contributed by atoms with Gasteiger partial charge in [-0.3, -0.25) is 4.99 Å². The molecule has 6 nitrogen and oxygen atoms in total. The van der Waals surface area contributed by atoms with E-state index < -0.39 is 24.4 Å². The Balaban J connectivity index is 2.07. The monoisotopic (exact) mass is 260 g/mol. The molecule has 17 heavy (non-hydrogen) atoms. The van der Waals surface area contributed by atoms with Crippen molar-refractivity contribution < 1.29 is 20.1 Å². The molecule has 5 atom stereocenters. The quantitative estimate of drug-likeness (QED) is 0.470. The van der Waals surface area contributed by atoms with Crippen molar-refractivity contribution in [1.82, 2.24) is 5.32 Å². The number of nitrogens with zero attached hydrogens (tertiary/aromatic N) is 1. The maximum absolute atomic E-state index is 9.90. The minimum Gasteiger partial charge on any atom is -0.394 e. The van der Waals surface area contributed by atoms with Crippen LogP contribution in [-0.2, 0) is 4.74 Å². The molecule has 0 spiro atoms. The van der Waals surface area contributed by atoms with Crippen LogP contribution in [0.25, 0.3) is 0 Å². The summed E-state index contributed by atoms with van der Waals surface area (Å²) in [6.07, 6.45) is -1.15. The van der Waals surface area contributed by atoms with E-state index in [2.05, 4.69) is 16.9 Å². The van der Waals surface area contributed by atoms with E-state index in [9.17, 15) is 10.2 Å². The fraction of sp³-hybridized carbons (Fsp3) is 0.700. The largest absolute Gasteiger partial charge is 0.394 e. The Morgan fingerprint density at radius 2 is 2.24 bits per heavy atom. The van der Waals surface area contributed by atoms with E-state index in [1.165, 1.54) is 11.8 Å². The summed E-state index contributed by atoms with van der Waals surface area (Å²) >= 11 is 1.35. The third-order valence-corrected chi connectivity index (χ3v) is 3.87. The highest BCUT2D eigenvalue weighted by atomic mass is 32.2. The summed E-state index contributed by atoms with van der Waals surface area (Å²) in [4.78, 5) is 4.19. The highest BCUT2D eigenvalue weighted by molar-refractivity contribution is 8.14. The molecule has 4 N–H and O–H groups in total. The third kappa shape index (κ3) is 2.48. The molecule has 0 bridgehead atoms. The number of thioether (sulfide) groups is 1. The van der Waals surface area contributed by atoms with E-state index in [1.54, 1.807) is 6.08 Å². The number of hydrogen-bond acceptors (Lipinski definition) is 6. The van der Waals surface area contributed by atoms with Gasteiger partial charge in [0.1, 0.15) is 23.7 Å². The van der Waals surface area contributed by atoms with Gasteiger partial charge in [-0.15, -0.1) is 6.58 Å². The van der Waals surface area contributed by atoms with Crippen LogP contribution in [0.15, 0.2) is 17.6 Å². The van der Waals surface area contributed by atoms with Crippen LogP contribution < -0.4 is 5.32 Å². The molecule has 0 aromatic rings. The Morgan fingerprint density at radius 3 is 2.88 bits per heavy atom. The second-order valence-electron chi connectivity index (χ2n) is 3.93. The zero-order chi connectivity index (χ0) is 12.4. The second-order valence-corrected chi connectivity index (χ2v) is 5.02. The molecule has 96 valence electrons. The summed E-state index contributed by atoms with van der Waals surface area (Å²) in [5.41, 5.74) is -0.339. The van der Waals surface area contributed by atoms with Gasteiger partial charge in [0.2, 0.25) is 0 Å². The normalized spacial score (nSPS) is 43.2. The Kier molecular flexibility index (Phi) is 4.05. The van der Waals surface area contributed by atoms with Crippen molar-refractivity contribution in [3.05, 3.63) is 12.7 Å². The van der Waals surface area contributed by atoms with E-state index in [0.29, 0.717) is 11.7 Å². The van der Waals surface area contributed by atoms with Crippen LogP contribution in [0.4, 0.5) is 0 Å². The maximum Gasteiger partial charge on any atom is 0.159 e. The fourth-order valence-electron chi connectivity index (χ4n) is 1.85. The standard InChI is InChI=1S/C10H16N2O4S/c1-2-3-11-10-12-6-8(15)7(14)5(4-13)16-9(6)17-10/h2,5-9,13-15H,1,3-4H2,(H,11,12)/t5-,6-,7-,8+,9-/m1/s1. The van der Waals surface area contributed by atoms with E-state index in [0.717, 1.165) is 0 Å². The molecule has 7 heteroatoms. The summed E-state index contributed by atoms with van der Waals surface area (Å²) in [7, 11) is 0. The number of ether oxygens (including phenoxy) is 1. The van der Waals surface area contributed by atoms with Gasteiger partial charge in [0.05, 0.1) is 19.2 Å². The van der Waals surface area contributed by atoms with Crippen LogP contribution >= 0.6 is 11.8 Å². The number of aliphatic hydroxyl groups is 3. The lowest BCUT2D eigenvalue weighted by Gasteiger charge is -2.38. The number of hydrogen-bond donors (Lipinski definition) is 4. The van der Waals surface area contributed by atoms with E-state index in [4.69, 9.17) is 9.84 Å². The van der Waals surface area contributed by atoms with E-state index in [-0.39, 0.29) is 12.0 Å². The van der Waals surface area contributed by atoms with Crippen molar-refractivity contribution >= 4 is 16.9 Å². The van der Waals surface area contributed by atoms with Crippen LogP contribution in [0.3, 0.4) is 0 Å². The van der Waals surface area contributed by atoms with Crippen LogP contribution in [0, 0.1) is 0 Å². The fourth-order valence-corrected chi connectivity index (χ4v) is 3.00. The van der Waals surface area contributed by atoms with Crippen LogP contribution in [0.5, 0.6) is 0 Å². The number of aliphatic hydroxyl groups excluding tert-OH is 3. The zero-order valence-electron chi connectivity index (χ0n) is 9.19. The lowest BCUT2D eigenvalue weighted by Crippen LogP contribution is -2.59. The van der Waals surface area contributed by atoms with Gasteiger partial charge in [-0.1, -0.05) is 17.8 Å². The smallest absolute Gasteiger partial charge is 0.159 e. The van der Waals surface area contributed by atoms with Crippen molar-refractivity contribution in [2.45, 2.75) is 29.8 Å². The molecule has 0 saturated carbocycles. The molecule has 2 saturated heterocycles. The number of aliphatic imine (C=N–C) groups is 1. The summed E-state index contributed by atoms with van der Waals surface area (Å²) in [5, 5.41) is 32.3. The van der Waals surface area contributed by atoms with E-state index >= 15 is 0 Å². The Labute approximate surface area is 103 Å². The summed E-state index contributed by atoms with van der Waals surface area (Å²) < 4.78 is 5.49. The van der Waals surface area contributed by atoms with Crippen LogP contribution in [0.2, 0.25) is 0 Å².